The number of hydrogen-bond acceptors (Lipinski definition) is 5. The number of anilines is 1. The molecule has 0 saturated heterocycles. The Morgan fingerprint density at radius 3 is 2.52 bits per heavy atom. The van der Waals surface area contributed by atoms with Crippen LogP contribution in [0.25, 0.3) is 0 Å². The summed E-state index contributed by atoms with van der Waals surface area (Å²) in [5.74, 6) is 0.680. The topological polar surface area (TPSA) is 58.6 Å². The largest absolute Gasteiger partial charge is 0.497 e. The fraction of sp³-hybridized carbons (Fsp3) is 0.280. The van der Waals surface area contributed by atoms with E-state index in [9.17, 15) is 9.59 Å². The fourth-order valence-electron chi connectivity index (χ4n) is 3.38. The molecule has 0 aliphatic rings. The number of nitrogens with zero attached hydrogens (tertiary/aromatic N) is 1. The predicted molar refractivity (Wildman–Crippen MR) is 126 cm³/mol. The summed E-state index contributed by atoms with van der Waals surface area (Å²) in [6, 6.07) is 19.3. The van der Waals surface area contributed by atoms with E-state index < -0.39 is 0 Å². The minimum Gasteiger partial charge on any atom is -0.497 e. The molecule has 0 fully saturated rings. The zero-order chi connectivity index (χ0) is 22.2. The van der Waals surface area contributed by atoms with Crippen molar-refractivity contribution in [1.29, 1.82) is 0 Å². The Bertz CT molecular complexity index is 1000. The number of rotatable bonds is 10. The van der Waals surface area contributed by atoms with Crippen LogP contribution in [0, 0.1) is 0 Å². The molecule has 1 N–H and O–H groups in total. The zero-order valence-electron chi connectivity index (χ0n) is 18.1. The molecular weight excluding hydrogens is 408 g/mol. The van der Waals surface area contributed by atoms with Gasteiger partial charge in [-0.2, -0.15) is 0 Å². The summed E-state index contributed by atoms with van der Waals surface area (Å²) in [7, 11) is 1.65. The van der Waals surface area contributed by atoms with Gasteiger partial charge in [-0.25, -0.2) is 0 Å². The van der Waals surface area contributed by atoms with Crippen LogP contribution in [0.1, 0.15) is 34.6 Å². The van der Waals surface area contributed by atoms with E-state index in [4.69, 9.17) is 4.74 Å². The molecule has 1 aromatic heterocycles. The van der Waals surface area contributed by atoms with Gasteiger partial charge in [0.2, 0.25) is 5.91 Å². The van der Waals surface area contributed by atoms with E-state index in [1.165, 1.54) is 11.8 Å². The summed E-state index contributed by atoms with van der Waals surface area (Å²) in [4.78, 5) is 27.9. The number of hydrogen-bond donors (Lipinski definition) is 1. The van der Waals surface area contributed by atoms with E-state index in [1.807, 2.05) is 24.3 Å². The molecule has 0 aliphatic carbocycles. The van der Waals surface area contributed by atoms with Crippen molar-refractivity contribution in [2.75, 3.05) is 19.0 Å². The SMILES string of the molecule is COc1ccc(CN(CC(=O)Nc2cccc(C(C)=O)c2)C(C)Cc2cccs2)cc1. The van der Waals surface area contributed by atoms with Gasteiger partial charge < -0.3 is 10.1 Å². The molecular formula is C25H28N2O3S. The quantitative estimate of drug-likeness (QED) is 0.453. The molecule has 0 radical (unpaired) electrons. The predicted octanol–water partition coefficient (Wildman–Crippen LogP) is 5.03. The number of nitrogens with one attached hydrogen (secondary N) is 1. The highest BCUT2D eigenvalue weighted by Crippen LogP contribution is 2.19. The first-order valence-electron chi connectivity index (χ1n) is 10.2. The Kier molecular flexibility index (Phi) is 7.98. The fourth-order valence-corrected chi connectivity index (χ4v) is 4.21. The van der Waals surface area contributed by atoms with Gasteiger partial charge in [-0.05, 0) is 61.5 Å². The monoisotopic (exact) mass is 436 g/mol. The van der Waals surface area contributed by atoms with E-state index in [2.05, 4.69) is 34.7 Å². The molecule has 162 valence electrons. The zero-order valence-corrected chi connectivity index (χ0v) is 18.9. The Morgan fingerprint density at radius 1 is 1.10 bits per heavy atom. The number of carbonyl (C=O) groups excluding carboxylic acids is 2. The van der Waals surface area contributed by atoms with Gasteiger partial charge in [-0.1, -0.05) is 30.3 Å². The first kappa shape index (κ1) is 22.7. The lowest BCUT2D eigenvalue weighted by Gasteiger charge is -2.28. The van der Waals surface area contributed by atoms with Crippen LogP contribution < -0.4 is 10.1 Å². The lowest BCUT2D eigenvalue weighted by molar-refractivity contribution is -0.118. The minimum absolute atomic E-state index is 0.0261. The molecule has 3 aromatic rings. The van der Waals surface area contributed by atoms with Crippen LogP contribution in [-0.4, -0.2) is 36.3 Å². The van der Waals surface area contributed by atoms with Crippen molar-refractivity contribution in [3.63, 3.8) is 0 Å². The van der Waals surface area contributed by atoms with Crippen LogP contribution in [0.4, 0.5) is 5.69 Å². The van der Waals surface area contributed by atoms with Crippen molar-refractivity contribution in [1.82, 2.24) is 4.90 Å². The first-order valence-corrected chi connectivity index (χ1v) is 11.1. The third-order valence-electron chi connectivity index (χ3n) is 5.14. The summed E-state index contributed by atoms with van der Waals surface area (Å²) >= 11 is 1.73. The molecule has 1 atom stereocenters. The standard InChI is InChI=1S/C25H28N2O3S/c1-18(14-24-8-5-13-31-24)27(16-20-9-11-23(30-3)12-10-20)17-25(29)26-22-7-4-6-21(15-22)19(2)28/h4-13,15,18H,14,16-17H2,1-3H3,(H,26,29). The van der Waals surface area contributed by atoms with E-state index in [0.717, 1.165) is 17.7 Å². The Hall–Kier alpha value is -2.96. The number of benzene rings is 2. The smallest absolute Gasteiger partial charge is 0.238 e. The molecule has 6 heteroatoms. The molecule has 2 aromatic carbocycles. The average molecular weight is 437 g/mol. The Balaban J connectivity index is 1.71. The molecule has 1 unspecified atom stereocenters. The van der Waals surface area contributed by atoms with Crippen LogP contribution in [0.15, 0.2) is 66.0 Å². The van der Waals surface area contributed by atoms with Crippen molar-refractivity contribution < 1.29 is 14.3 Å². The average Bonchev–Trinajstić information content (AvgIpc) is 3.27. The van der Waals surface area contributed by atoms with E-state index in [1.54, 1.807) is 42.7 Å². The highest BCUT2D eigenvalue weighted by Gasteiger charge is 2.19. The Labute approximate surface area is 187 Å². The van der Waals surface area contributed by atoms with Crippen molar-refractivity contribution in [2.45, 2.75) is 32.9 Å². The number of methoxy groups -OCH3 is 1. The van der Waals surface area contributed by atoms with Crippen molar-refractivity contribution >= 4 is 28.7 Å². The van der Waals surface area contributed by atoms with Crippen LogP contribution >= 0.6 is 11.3 Å². The summed E-state index contributed by atoms with van der Waals surface area (Å²) < 4.78 is 5.25. The van der Waals surface area contributed by atoms with E-state index in [-0.39, 0.29) is 24.3 Å². The summed E-state index contributed by atoms with van der Waals surface area (Å²) in [5.41, 5.74) is 2.33. The van der Waals surface area contributed by atoms with Gasteiger partial charge in [0, 0.05) is 28.7 Å². The molecule has 1 amide bonds. The van der Waals surface area contributed by atoms with Crippen molar-refractivity contribution in [2.24, 2.45) is 0 Å². The van der Waals surface area contributed by atoms with Crippen LogP contribution in [0.3, 0.4) is 0 Å². The number of ketones is 1. The third kappa shape index (κ3) is 6.77. The van der Waals surface area contributed by atoms with Gasteiger partial charge in [0.05, 0.1) is 13.7 Å². The van der Waals surface area contributed by atoms with Gasteiger partial charge in [0.15, 0.2) is 5.78 Å². The highest BCUT2D eigenvalue weighted by atomic mass is 32.1. The summed E-state index contributed by atoms with van der Waals surface area (Å²) in [6.45, 7) is 4.57. The molecule has 3 rings (SSSR count). The van der Waals surface area contributed by atoms with Gasteiger partial charge in [0.1, 0.15) is 5.75 Å². The van der Waals surface area contributed by atoms with Gasteiger partial charge in [-0.15, -0.1) is 11.3 Å². The number of ether oxygens (including phenoxy) is 1. The Morgan fingerprint density at radius 2 is 1.87 bits per heavy atom. The summed E-state index contributed by atoms with van der Waals surface area (Å²) in [5, 5.41) is 5.01. The molecule has 0 aliphatic heterocycles. The van der Waals surface area contributed by atoms with Gasteiger partial charge in [-0.3, -0.25) is 14.5 Å². The lowest BCUT2D eigenvalue weighted by Crippen LogP contribution is -2.40. The highest BCUT2D eigenvalue weighted by molar-refractivity contribution is 7.09. The molecule has 1 heterocycles. The maximum atomic E-state index is 12.8. The van der Waals surface area contributed by atoms with E-state index >= 15 is 0 Å². The molecule has 0 spiro atoms. The second-order valence-corrected chi connectivity index (χ2v) is 8.60. The number of Topliss-reactive ketones (excluding diaryl/α,β-unsaturated/α-hetero) is 1. The van der Waals surface area contributed by atoms with Crippen LogP contribution in [0.2, 0.25) is 0 Å². The van der Waals surface area contributed by atoms with Crippen molar-refractivity contribution in [3.8, 4) is 5.75 Å². The van der Waals surface area contributed by atoms with Crippen LogP contribution in [0.5, 0.6) is 5.75 Å². The minimum atomic E-state index is -0.104. The summed E-state index contributed by atoms with van der Waals surface area (Å²) in [6.07, 6.45) is 0.876. The van der Waals surface area contributed by atoms with Gasteiger partial charge in [0.25, 0.3) is 0 Å². The van der Waals surface area contributed by atoms with Crippen LogP contribution in [-0.2, 0) is 17.8 Å². The number of carbonyl (C=O) groups is 2. The lowest BCUT2D eigenvalue weighted by atomic mass is 10.1. The van der Waals surface area contributed by atoms with Crippen molar-refractivity contribution in [3.05, 3.63) is 82.0 Å². The number of thiophene rings is 1. The molecule has 0 saturated carbocycles. The maximum Gasteiger partial charge on any atom is 0.238 e. The molecule has 31 heavy (non-hydrogen) atoms. The second kappa shape index (κ2) is 10.9. The number of amides is 1. The molecule has 5 nitrogen and oxygen atoms in total. The second-order valence-electron chi connectivity index (χ2n) is 7.57. The third-order valence-corrected chi connectivity index (χ3v) is 6.04. The molecule has 0 bridgehead atoms. The van der Waals surface area contributed by atoms with E-state index in [0.29, 0.717) is 17.8 Å². The first-order chi connectivity index (χ1) is 14.9. The maximum absolute atomic E-state index is 12.8. The van der Waals surface area contributed by atoms with Gasteiger partial charge >= 0.3 is 0 Å². The normalized spacial score (nSPS) is 11.9.